The number of ether oxygens (including phenoxy) is 1. The van der Waals surface area contributed by atoms with Crippen molar-refractivity contribution in [1.82, 2.24) is 4.72 Å². The summed E-state index contributed by atoms with van der Waals surface area (Å²) in [5.41, 5.74) is 0.350. The lowest BCUT2D eigenvalue weighted by atomic mass is 10.2. The maximum Gasteiger partial charge on any atom is 0.264 e. The number of benzene rings is 2. The van der Waals surface area contributed by atoms with E-state index in [1.807, 2.05) is 0 Å². The Bertz CT molecular complexity index is 877. The normalized spacial score (nSPS) is 11.5. The number of carbonyl (C=O) groups excluding carboxylic acids is 1. The van der Waals surface area contributed by atoms with Crippen LogP contribution in [0.3, 0.4) is 0 Å². The molecule has 0 saturated carbocycles. The second-order valence-corrected chi connectivity index (χ2v) is 6.33. The summed E-state index contributed by atoms with van der Waals surface area (Å²) in [6.45, 7) is 0. The van der Waals surface area contributed by atoms with E-state index < -0.39 is 27.6 Å². The lowest BCUT2D eigenvalue weighted by Gasteiger charge is -2.05. The molecule has 0 bridgehead atoms. The number of rotatable bonds is 5. The van der Waals surface area contributed by atoms with Crippen LogP contribution in [0.2, 0.25) is 0 Å². The van der Waals surface area contributed by atoms with E-state index in [1.54, 1.807) is 4.72 Å². The first-order chi connectivity index (χ1) is 11.3. The second-order valence-electron chi connectivity index (χ2n) is 4.65. The molecule has 0 aliphatic heterocycles. The second kappa shape index (κ2) is 7.22. The molecule has 0 spiro atoms. The monoisotopic (exact) mass is 353 g/mol. The Labute approximate surface area is 137 Å². The highest BCUT2D eigenvalue weighted by atomic mass is 32.2. The third-order valence-electron chi connectivity index (χ3n) is 2.96. The molecule has 126 valence electrons. The summed E-state index contributed by atoms with van der Waals surface area (Å²) < 4.78 is 56.8. The van der Waals surface area contributed by atoms with Crippen molar-refractivity contribution in [3.8, 4) is 5.75 Å². The molecule has 0 saturated heterocycles. The molecule has 1 amide bonds. The van der Waals surface area contributed by atoms with Crippen LogP contribution in [0, 0.1) is 11.6 Å². The van der Waals surface area contributed by atoms with Gasteiger partial charge in [-0.25, -0.2) is 21.9 Å². The average Bonchev–Trinajstić information content (AvgIpc) is 2.53. The van der Waals surface area contributed by atoms with Crippen LogP contribution in [-0.4, -0.2) is 21.4 Å². The Balaban J connectivity index is 2.09. The number of halogens is 2. The molecule has 0 fully saturated rings. The van der Waals surface area contributed by atoms with Crippen molar-refractivity contribution < 1.29 is 26.7 Å². The van der Waals surface area contributed by atoms with Gasteiger partial charge in [-0.05, 0) is 48.0 Å². The highest BCUT2D eigenvalue weighted by molar-refractivity contribution is 7.90. The molecule has 0 unspecified atom stereocenters. The van der Waals surface area contributed by atoms with E-state index in [0.717, 1.165) is 36.4 Å². The smallest absolute Gasteiger partial charge is 0.264 e. The standard InChI is InChI=1S/C16H13F2NO4S/c1-23-15-8-2-11(10-14(15)18)3-9-16(20)19-24(21,22)13-6-4-12(17)5-7-13/h2-10H,1H3,(H,19,20)/b9-3+. The summed E-state index contributed by atoms with van der Waals surface area (Å²) in [6, 6.07) is 8.02. The first-order valence-corrected chi connectivity index (χ1v) is 8.14. The summed E-state index contributed by atoms with van der Waals surface area (Å²) >= 11 is 0. The van der Waals surface area contributed by atoms with Gasteiger partial charge in [-0.3, -0.25) is 4.79 Å². The number of amides is 1. The maximum atomic E-state index is 13.5. The third kappa shape index (κ3) is 4.39. The predicted octanol–water partition coefficient (Wildman–Crippen LogP) is 2.49. The molecule has 24 heavy (non-hydrogen) atoms. The number of nitrogens with one attached hydrogen (secondary N) is 1. The van der Waals surface area contributed by atoms with Gasteiger partial charge in [0, 0.05) is 6.08 Å². The van der Waals surface area contributed by atoms with Crippen molar-refractivity contribution in [2.45, 2.75) is 4.90 Å². The fourth-order valence-corrected chi connectivity index (χ4v) is 2.74. The quantitative estimate of drug-likeness (QED) is 0.839. The molecule has 2 aromatic carbocycles. The fraction of sp³-hybridized carbons (Fsp3) is 0.0625. The van der Waals surface area contributed by atoms with Gasteiger partial charge in [0.15, 0.2) is 11.6 Å². The van der Waals surface area contributed by atoms with Crippen molar-refractivity contribution in [2.75, 3.05) is 7.11 Å². The number of hydrogen-bond acceptors (Lipinski definition) is 4. The fourth-order valence-electron chi connectivity index (χ4n) is 1.80. The average molecular weight is 353 g/mol. The van der Waals surface area contributed by atoms with Gasteiger partial charge in [0.05, 0.1) is 12.0 Å². The molecule has 2 rings (SSSR count). The van der Waals surface area contributed by atoms with E-state index in [2.05, 4.69) is 0 Å². The minimum Gasteiger partial charge on any atom is -0.494 e. The van der Waals surface area contributed by atoms with Crippen LogP contribution >= 0.6 is 0 Å². The van der Waals surface area contributed by atoms with Crippen LogP contribution in [0.1, 0.15) is 5.56 Å². The minimum atomic E-state index is -4.11. The molecule has 0 atom stereocenters. The molecule has 0 aromatic heterocycles. The molecule has 0 heterocycles. The van der Waals surface area contributed by atoms with Gasteiger partial charge in [0.25, 0.3) is 15.9 Å². The van der Waals surface area contributed by atoms with Gasteiger partial charge in [0.2, 0.25) is 0 Å². The molecule has 5 nitrogen and oxygen atoms in total. The first kappa shape index (κ1) is 17.6. The van der Waals surface area contributed by atoms with E-state index in [1.165, 1.54) is 25.3 Å². The number of methoxy groups -OCH3 is 1. The first-order valence-electron chi connectivity index (χ1n) is 6.66. The minimum absolute atomic E-state index is 0.0514. The summed E-state index contributed by atoms with van der Waals surface area (Å²) in [5, 5.41) is 0. The number of sulfonamides is 1. The van der Waals surface area contributed by atoms with Gasteiger partial charge >= 0.3 is 0 Å². The molecule has 1 N–H and O–H groups in total. The zero-order valence-electron chi connectivity index (χ0n) is 12.5. The van der Waals surface area contributed by atoms with Crippen LogP contribution in [0.15, 0.2) is 53.4 Å². The van der Waals surface area contributed by atoms with Crippen molar-refractivity contribution in [3.05, 3.63) is 65.7 Å². The molecule has 2 aromatic rings. The van der Waals surface area contributed by atoms with Crippen LogP contribution in [0.4, 0.5) is 8.78 Å². The summed E-state index contributed by atoms with van der Waals surface area (Å²) in [4.78, 5) is 11.5. The lowest BCUT2D eigenvalue weighted by molar-refractivity contribution is -0.114. The van der Waals surface area contributed by atoms with Crippen molar-refractivity contribution in [2.24, 2.45) is 0 Å². The van der Waals surface area contributed by atoms with Crippen molar-refractivity contribution >= 4 is 22.0 Å². The Morgan fingerprint density at radius 2 is 1.79 bits per heavy atom. The molecule has 0 aliphatic carbocycles. The van der Waals surface area contributed by atoms with E-state index in [-0.39, 0.29) is 10.6 Å². The molecule has 8 heteroatoms. The zero-order valence-corrected chi connectivity index (χ0v) is 13.3. The molecular formula is C16H13F2NO4S. The largest absolute Gasteiger partial charge is 0.494 e. The SMILES string of the molecule is COc1ccc(/C=C/C(=O)NS(=O)(=O)c2ccc(F)cc2)cc1F. The molecular weight excluding hydrogens is 340 g/mol. The summed E-state index contributed by atoms with van der Waals surface area (Å²) in [7, 11) is -2.79. The van der Waals surface area contributed by atoms with Gasteiger partial charge < -0.3 is 4.74 Å². The lowest BCUT2D eigenvalue weighted by Crippen LogP contribution is -2.28. The van der Waals surface area contributed by atoms with Gasteiger partial charge in [0.1, 0.15) is 5.82 Å². The Morgan fingerprint density at radius 1 is 1.12 bits per heavy atom. The highest BCUT2D eigenvalue weighted by Gasteiger charge is 2.16. The van der Waals surface area contributed by atoms with Crippen molar-refractivity contribution in [1.29, 1.82) is 0 Å². The van der Waals surface area contributed by atoms with Crippen LogP contribution in [-0.2, 0) is 14.8 Å². The Morgan fingerprint density at radius 3 is 2.38 bits per heavy atom. The van der Waals surface area contributed by atoms with E-state index in [9.17, 15) is 22.0 Å². The molecule has 0 aliphatic rings. The number of hydrogen-bond donors (Lipinski definition) is 1. The van der Waals surface area contributed by atoms with Crippen molar-refractivity contribution in [3.63, 3.8) is 0 Å². The van der Waals surface area contributed by atoms with Crippen LogP contribution in [0.25, 0.3) is 6.08 Å². The zero-order chi connectivity index (χ0) is 17.7. The molecule has 0 radical (unpaired) electrons. The van der Waals surface area contributed by atoms with E-state index in [0.29, 0.717) is 5.56 Å². The highest BCUT2D eigenvalue weighted by Crippen LogP contribution is 2.18. The predicted molar refractivity (Wildman–Crippen MR) is 83.7 cm³/mol. The van der Waals surface area contributed by atoms with Gasteiger partial charge in [-0.1, -0.05) is 6.07 Å². The Hall–Kier alpha value is -2.74. The summed E-state index contributed by atoms with van der Waals surface area (Å²) in [6.07, 6.45) is 2.19. The Kier molecular flexibility index (Phi) is 5.30. The topological polar surface area (TPSA) is 72.5 Å². The summed E-state index contributed by atoms with van der Waals surface area (Å²) in [5.74, 6) is -2.08. The third-order valence-corrected chi connectivity index (χ3v) is 4.32. The van der Waals surface area contributed by atoms with E-state index in [4.69, 9.17) is 4.74 Å². The maximum absolute atomic E-state index is 13.5. The van der Waals surface area contributed by atoms with E-state index >= 15 is 0 Å². The van der Waals surface area contributed by atoms with Crippen LogP contribution in [0.5, 0.6) is 5.75 Å². The number of carbonyl (C=O) groups is 1. The van der Waals surface area contributed by atoms with Crippen LogP contribution < -0.4 is 9.46 Å². The van der Waals surface area contributed by atoms with Gasteiger partial charge in [-0.2, -0.15) is 0 Å². The van der Waals surface area contributed by atoms with Gasteiger partial charge in [-0.15, -0.1) is 0 Å².